The highest BCUT2D eigenvalue weighted by Gasteiger charge is 2.33. The Morgan fingerprint density at radius 3 is 2.45 bits per heavy atom. The van der Waals surface area contributed by atoms with Gasteiger partial charge < -0.3 is 15.4 Å². The third-order valence-electron chi connectivity index (χ3n) is 3.73. The number of aryl methyl sites for hydroxylation is 1. The molecule has 0 radical (unpaired) electrons. The van der Waals surface area contributed by atoms with Gasteiger partial charge in [0.25, 0.3) is 11.6 Å². The second-order valence-electron chi connectivity index (χ2n) is 5.86. The van der Waals surface area contributed by atoms with Gasteiger partial charge in [-0.3, -0.25) is 19.7 Å². The molecule has 2 aromatic rings. The third-order valence-corrected chi connectivity index (χ3v) is 3.73. The number of para-hydroxylation sites is 1. The number of carbonyl (C=O) groups excluding carboxylic acids is 2. The number of hydrogen-bond acceptors (Lipinski definition) is 6. The number of nitro groups is 1. The minimum absolute atomic E-state index is 0.288. The molecule has 11 heteroatoms. The van der Waals surface area contributed by atoms with Crippen molar-refractivity contribution < 1.29 is 32.4 Å². The first-order valence-electron chi connectivity index (χ1n) is 8.18. The lowest BCUT2D eigenvalue weighted by Crippen LogP contribution is -2.24. The Balaban J connectivity index is 1.91. The minimum Gasteiger partial charge on any atom is -0.454 e. The van der Waals surface area contributed by atoms with Crippen LogP contribution >= 0.6 is 0 Å². The van der Waals surface area contributed by atoms with Crippen LogP contribution in [0.1, 0.15) is 11.1 Å². The molecule has 0 atom stereocenters. The molecule has 0 spiro atoms. The van der Waals surface area contributed by atoms with Crippen molar-refractivity contribution in [3.05, 3.63) is 63.7 Å². The summed E-state index contributed by atoms with van der Waals surface area (Å²) in [5, 5.41) is 15.9. The molecule has 0 aliphatic rings. The Hall–Kier alpha value is -3.63. The molecule has 29 heavy (non-hydrogen) atoms. The van der Waals surface area contributed by atoms with Crippen molar-refractivity contribution in [2.75, 3.05) is 23.8 Å². The van der Waals surface area contributed by atoms with Crippen LogP contribution in [-0.4, -0.2) is 30.0 Å². The molecule has 0 unspecified atom stereocenters. The maximum atomic E-state index is 12.7. The van der Waals surface area contributed by atoms with Crippen molar-refractivity contribution in [3.8, 4) is 0 Å². The first kappa shape index (κ1) is 21.7. The number of benzene rings is 2. The smallest absolute Gasteiger partial charge is 0.416 e. The van der Waals surface area contributed by atoms with Crippen molar-refractivity contribution in [2.45, 2.75) is 13.1 Å². The molecule has 0 heterocycles. The maximum absolute atomic E-state index is 12.7. The summed E-state index contributed by atoms with van der Waals surface area (Å²) in [6, 6.07) is 8.81. The first-order chi connectivity index (χ1) is 13.6. The highest BCUT2D eigenvalue weighted by molar-refractivity contribution is 5.93. The summed E-state index contributed by atoms with van der Waals surface area (Å²) >= 11 is 0. The van der Waals surface area contributed by atoms with E-state index < -0.39 is 47.4 Å². The number of anilines is 2. The molecule has 0 aromatic heterocycles. The predicted molar refractivity (Wildman–Crippen MR) is 97.4 cm³/mol. The zero-order chi connectivity index (χ0) is 21.6. The molecule has 0 fully saturated rings. The van der Waals surface area contributed by atoms with Gasteiger partial charge >= 0.3 is 12.1 Å². The molecule has 0 saturated heterocycles. The molecule has 0 bridgehead atoms. The summed E-state index contributed by atoms with van der Waals surface area (Å²) in [6.45, 7) is 0.607. The van der Waals surface area contributed by atoms with E-state index in [1.54, 1.807) is 31.2 Å². The molecule has 2 rings (SSSR count). The van der Waals surface area contributed by atoms with Crippen LogP contribution in [0.5, 0.6) is 0 Å². The summed E-state index contributed by atoms with van der Waals surface area (Å²) in [6.07, 6.45) is -4.74. The van der Waals surface area contributed by atoms with Crippen LogP contribution < -0.4 is 10.6 Å². The molecule has 0 aliphatic carbocycles. The van der Waals surface area contributed by atoms with Gasteiger partial charge in [0.05, 0.1) is 10.5 Å². The van der Waals surface area contributed by atoms with E-state index in [1.807, 2.05) is 0 Å². The highest BCUT2D eigenvalue weighted by Crippen LogP contribution is 2.34. The fourth-order valence-electron chi connectivity index (χ4n) is 2.27. The lowest BCUT2D eigenvalue weighted by molar-refractivity contribution is -0.384. The average molecular weight is 411 g/mol. The normalized spacial score (nSPS) is 10.9. The van der Waals surface area contributed by atoms with E-state index in [9.17, 15) is 32.9 Å². The number of nitro benzene ring substituents is 1. The van der Waals surface area contributed by atoms with Crippen LogP contribution in [0.3, 0.4) is 0 Å². The zero-order valence-electron chi connectivity index (χ0n) is 15.1. The van der Waals surface area contributed by atoms with Gasteiger partial charge in [0.15, 0.2) is 6.61 Å². The van der Waals surface area contributed by atoms with Crippen LogP contribution in [0.15, 0.2) is 42.5 Å². The van der Waals surface area contributed by atoms with Crippen LogP contribution in [0.25, 0.3) is 0 Å². The average Bonchev–Trinajstić information content (AvgIpc) is 2.65. The summed E-state index contributed by atoms with van der Waals surface area (Å²) in [7, 11) is 0. The van der Waals surface area contributed by atoms with Gasteiger partial charge in [-0.25, -0.2) is 0 Å². The number of rotatable bonds is 7. The number of esters is 1. The number of nitrogens with zero attached hydrogens (tertiary/aromatic N) is 1. The molecular formula is C18H16F3N3O5. The number of ether oxygens (including phenoxy) is 1. The van der Waals surface area contributed by atoms with E-state index in [1.165, 1.54) is 0 Å². The molecule has 154 valence electrons. The molecule has 2 N–H and O–H groups in total. The third kappa shape index (κ3) is 6.19. The summed E-state index contributed by atoms with van der Waals surface area (Å²) in [5.41, 5.74) is -0.963. The topological polar surface area (TPSA) is 111 Å². The largest absolute Gasteiger partial charge is 0.454 e. The van der Waals surface area contributed by atoms with Crippen molar-refractivity contribution in [1.82, 2.24) is 0 Å². The lowest BCUT2D eigenvalue weighted by Gasteiger charge is -2.11. The van der Waals surface area contributed by atoms with Crippen molar-refractivity contribution >= 4 is 28.9 Å². The van der Waals surface area contributed by atoms with E-state index in [0.29, 0.717) is 17.8 Å². The van der Waals surface area contributed by atoms with E-state index in [4.69, 9.17) is 4.74 Å². The molecule has 0 saturated carbocycles. The lowest BCUT2D eigenvalue weighted by atomic mass is 10.1. The van der Waals surface area contributed by atoms with Crippen LogP contribution in [0.2, 0.25) is 0 Å². The second kappa shape index (κ2) is 9.04. The van der Waals surface area contributed by atoms with Crippen LogP contribution in [0.4, 0.5) is 30.2 Å². The van der Waals surface area contributed by atoms with Gasteiger partial charge in [-0.15, -0.1) is 0 Å². The van der Waals surface area contributed by atoms with Gasteiger partial charge in [0, 0.05) is 11.8 Å². The maximum Gasteiger partial charge on any atom is 0.416 e. The SMILES string of the molecule is Cc1ccccc1NC(=O)COC(=O)CNc1ccc(C(F)(F)F)cc1[N+](=O)[O-]. The first-order valence-corrected chi connectivity index (χ1v) is 8.18. The number of halogens is 3. The highest BCUT2D eigenvalue weighted by atomic mass is 19.4. The number of carbonyl (C=O) groups is 2. The standard InChI is InChI=1S/C18H16F3N3O5/c1-11-4-2-3-5-13(11)23-16(25)10-29-17(26)9-22-14-7-6-12(18(19,20)21)8-15(14)24(27)28/h2-8,22H,9-10H2,1H3,(H,23,25). The molecule has 0 aliphatic heterocycles. The Labute approximate surface area is 162 Å². The Kier molecular flexibility index (Phi) is 6.75. The predicted octanol–water partition coefficient (Wildman–Crippen LogP) is 3.52. The molecule has 1 amide bonds. The molecule has 2 aromatic carbocycles. The van der Waals surface area contributed by atoms with Gasteiger partial charge in [-0.1, -0.05) is 18.2 Å². The van der Waals surface area contributed by atoms with E-state index in [0.717, 1.165) is 11.6 Å². The van der Waals surface area contributed by atoms with E-state index in [-0.39, 0.29) is 5.69 Å². The number of nitrogens with one attached hydrogen (secondary N) is 2. The molecular weight excluding hydrogens is 395 g/mol. The van der Waals surface area contributed by atoms with Crippen molar-refractivity contribution in [1.29, 1.82) is 0 Å². The number of alkyl halides is 3. The van der Waals surface area contributed by atoms with Gasteiger partial charge in [-0.2, -0.15) is 13.2 Å². The van der Waals surface area contributed by atoms with E-state index in [2.05, 4.69) is 10.6 Å². The number of hydrogen-bond donors (Lipinski definition) is 2. The number of amides is 1. The van der Waals surface area contributed by atoms with Gasteiger partial charge in [-0.05, 0) is 30.7 Å². The van der Waals surface area contributed by atoms with Crippen molar-refractivity contribution in [2.24, 2.45) is 0 Å². The minimum atomic E-state index is -4.74. The van der Waals surface area contributed by atoms with Gasteiger partial charge in [0.2, 0.25) is 0 Å². The van der Waals surface area contributed by atoms with Crippen molar-refractivity contribution in [3.63, 3.8) is 0 Å². The van der Waals surface area contributed by atoms with Gasteiger partial charge in [0.1, 0.15) is 12.2 Å². The van der Waals surface area contributed by atoms with Crippen LogP contribution in [-0.2, 0) is 20.5 Å². The monoisotopic (exact) mass is 411 g/mol. The fourth-order valence-corrected chi connectivity index (χ4v) is 2.27. The quantitative estimate of drug-likeness (QED) is 0.410. The Morgan fingerprint density at radius 1 is 1.14 bits per heavy atom. The van der Waals surface area contributed by atoms with E-state index >= 15 is 0 Å². The fraction of sp³-hybridized carbons (Fsp3) is 0.222. The second-order valence-corrected chi connectivity index (χ2v) is 5.86. The Morgan fingerprint density at radius 2 is 1.83 bits per heavy atom. The Bertz CT molecular complexity index is 931. The summed E-state index contributed by atoms with van der Waals surface area (Å²) in [4.78, 5) is 33.5. The summed E-state index contributed by atoms with van der Waals surface area (Å²) < 4.78 is 42.8. The molecule has 8 nitrogen and oxygen atoms in total. The van der Waals surface area contributed by atoms with Crippen LogP contribution in [0, 0.1) is 17.0 Å². The summed E-state index contributed by atoms with van der Waals surface area (Å²) in [5.74, 6) is -1.51. The zero-order valence-corrected chi connectivity index (χ0v) is 15.1.